The number of aromatic carboxylic acids is 1. The minimum atomic E-state index is -0.780. The molecule has 2 aliphatic rings. The summed E-state index contributed by atoms with van der Waals surface area (Å²) in [4.78, 5) is 14.3. The summed E-state index contributed by atoms with van der Waals surface area (Å²) in [5.74, 6) is -0.780. The van der Waals surface area contributed by atoms with E-state index in [1.807, 2.05) is 7.05 Å². The van der Waals surface area contributed by atoms with Crippen molar-refractivity contribution in [2.24, 2.45) is 5.41 Å². The van der Waals surface area contributed by atoms with Crippen LogP contribution in [-0.2, 0) is 17.6 Å². The van der Waals surface area contributed by atoms with Crippen LogP contribution in [0.25, 0.3) is 5.57 Å². The Labute approximate surface area is 141 Å². The van der Waals surface area contributed by atoms with Crippen molar-refractivity contribution in [1.82, 2.24) is 5.32 Å². The summed E-state index contributed by atoms with van der Waals surface area (Å²) in [6.07, 6.45) is 3.80. The summed E-state index contributed by atoms with van der Waals surface area (Å²) in [6.45, 7) is 6.50. The van der Waals surface area contributed by atoms with Crippen LogP contribution in [0.3, 0.4) is 0 Å². The van der Waals surface area contributed by atoms with E-state index in [2.05, 4.69) is 19.2 Å². The third kappa shape index (κ3) is 3.23. The Hall–Kier alpha value is -1.17. The summed E-state index contributed by atoms with van der Waals surface area (Å²) < 4.78 is 5.58. The Bertz CT molecular complexity index is 657. The minimum absolute atomic E-state index is 0.188. The fraction of sp³-hybridized carbons (Fsp3) is 0.611. The van der Waals surface area contributed by atoms with Gasteiger partial charge < -0.3 is 15.2 Å². The van der Waals surface area contributed by atoms with Crippen LogP contribution >= 0.6 is 11.3 Å². The monoisotopic (exact) mass is 335 g/mol. The van der Waals surface area contributed by atoms with Gasteiger partial charge in [0.05, 0.1) is 18.8 Å². The van der Waals surface area contributed by atoms with Gasteiger partial charge in [0.1, 0.15) is 0 Å². The second-order valence-corrected chi connectivity index (χ2v) is 8.37. The fourth-order valence-electron chi connectivity index (χ4n) is 3.64. The van der Waals surface area contributed by atoms with Gasteiger partial charge in [-0.3, -0.25) is 0 Å². The zero-order valence-corrected chi connectivity index (χ0v) is 14.9. The van der Waals surface area contributed by atoms with Crippen molar-refractivity contribution in [2.45, 2.75) is 39.5 Å². The van der Waals surface area contributed by atoms with Crippen LogP contribution in [-0.4, -0.2) is 37.9 Å². The van der Waals surface area contributed by atoms with Crippen molar-refractivity contribution in [3.8, 4) is 0 Å². The molecule has 1 aromatic heterocycles. The van der Waals surface area contributed by atoms with Crippen LogP contribution in [0.4, 0.5) is 0 Å². The number of fused-ring (bicyclic) bond motifs is 1. The first-order valence-electron chi connectivity index (χ1n) is 8.24. The van der Waals surface area contributed by atoms with Gasteiger partial charge in [-0.15, -0.1) is 11.3 Å². The third-order valence-electron chi connectivity index (χ3n) is 4.85. The van der Waals surface area contributed by atoms with E-state index in [0.717, 1.165) is 42.7 Å². The molecule has 0 aromatic carbocycles. The first-order valence-corrected chi connectivity index (χ1v) is 9.06. The maximum atomic E-state index is 12.0. The second kappa shape index (κ2) is 6.38. The average Bonchev–Trinajstić information content (AvgIpc) is 2.85. The average molecular weight is 335 g/mol. The highest BCUT2D eigenvalue weighted by Crippen LogP contribution is 2.45. The standard InChI is InChI=1S/C18H25NO3S/c1-18(2)6-4-14-13(8-18)15(17(20)21)16(23-14)12-5-7-22-10-11(12)9-19-3/h19H,4-10H2,1-3H3,(H,20,21). The predicted octanol–water partition coefficient (Wildman–Crippen LogP) is 3.35. The van der Waals surface area contributed by atoms with Crippen LogP contribution in [0, 0.1) is 5.41 Å². The largest absolute Gasteiger partial charge is 0.478 e. The molecule has 23 heavy (non-hydrogen) atoms. The van der Waals surface area contributed by atoms with Crippen molar-refractivity contribution in [3.63, 3.8) is 0 Å². The van der Waals surface area contributed by atoms with Crippen molar-refractivity contribution < 1.29 is 14.6 Å². The Morgan fingerprint density at radius 3 is 2.87 bits per heavy atom. The normalized spacial score (nSPS) is 20.5. The molecule has 126 valence electrons. The highest BCUT2D eigenvalue weighted by molar-refractivity contribution is 7.13. The molecule has 0 saturated carbocycles. The van der Waals surface area contributed by atoms with Crippen molar-refractivity contribution in [2.75, 3.05) is 26.8 Å². The number of ether oxygens (including phenoxy) is 1. The Morgan fingerprint density at radius 1 is 1.39 bits per heavy atom. The van der Waals surface area contributed by atoms with Crippen LogP contribution < -0.4 is 5.32 Å². The number of carbonyl (C=O) groups is 1. The summed E-state index contributed by atoms with van der Waals surface area (Å²) in [6, 6.07) is 0. The number of nitrogens with one attached hydrogen (secondary N) is 1. The molecule has 1 aliphatic carbocycles. The molecule has 1 aromatic rings. The summed E-state index contributed by atoms with van der Waals surface area (Å²) in [5, 5.41) is 13.0. The van der Waals surface area contributed by atoms with Crippen LogP contribution in [0.15, 0.2) is 5.57 Å². The molecule has 0 amide bonds. The molecule has 3 rings (SSSR count). The molecule has 0 saturated heterocycles. The van der Waals surface area contributed by atoms with Crippen molar-refractivity contribution in [1.29, 1.82) is 0 Å². The quantitative estimate of drug-likeness (QED) is 0.886. The van der Waals surface area contributed by atoms with E-state index in [0.29, 0.717) is 18.8 Å². The molecule has 0 fully saturated rings. The van der Waals surface area contributed by atoms with E-state index in [4.69, 9.17) is 4.74 Å². The molecular weight excluding hydrogens is 310 g/mol. The van der Waals surface area contributed by atoms with E-state index in [1.54, 1.807) is 11.3 Å². The molecule has 2 heterocycles. The number of carboxylic acids is 1. The van der Waals surface area contributed by atoms with Gasteiger partial charge in [-0.05, 0) is 54.9 Å². The molecule has 4 nitrogen and oxygen atoms in total. The van der Waals surface area contributed by atoms with Crippen LogP contribution in [0.1, 0.15) is 52.4 Å². The lowest BCUT2D eigenvalue weighted by Crippen LogP contribution is -2.23. The molecule has 0 atom stereocenters. The summed E-state index contributed by atoms with van der Waals surface area (Å²) in [5.41, 5.74) is 4.21. The van der Waals surface area contributed by atoms with E-state index in [1.165, 1.54) is 16.0 Å². The second-order valence-electron chi connectivity index (χ2n) is 7.27. The minimum Gasteiger partial charge on any atom is -0.478 e. The van der Waals surface area contributed by atoms with Crippen molar-refractivity contribution >= 4 is 22.9 Å². The van der Waals surface area contributed by atoms with Gasteiger partial charge in [-0.25, -0.2) is 4.79 Å². The van der Waals surface area contributed by atoms with Gasteiger partial charge in [0.2, 0.25) is 0 Å². The van der Waals surface area contributed by atoms with Gasteiger partial charge in [0, 0.05) is 16.3 Å². The molecule has 5 heteroatoms. The lowest BCUT2D eigenvalue weighted by molar-refractivity contribution is 0.0694. The Balaban J connectivity index is 2.13. The number of carboxylic acid groups (broad SMARTS) is 1. The highest BCUT2D eigenvalue weighted by atomic mass is 32.1. The molecule has 2 N–H and O–H groups in total. The van der Waals surface area contributed by atoms with E-state index in [-0.39, 0.29) is 5.41 Å². The van der Waals surface area contributed by atoms with Gasteiger partial charge in [0.25, 0.3) is 0 Å². The first kappa shape index (κ1) is 16.7. The topological polar surface area (TPSA) is 58.6 Å². The highest BCUT2D eigenvalue weighted by Gasteiger charge is 2.34. The van der Waals surface area contributed by atoms with E-state index in [9.17, 15) is 9.90 Å². The van der Waals surface area contributed by atoms with Gasteiger partial charge in [-0.2, -0.15) is 0 Å². The Morgan fingerprint density at radius 2 is 2.17 bits per heavy atom. The van der Waals surface area contributed by atoms with Gasteiger partial charge in [0.15, 0.2) is 0 Å². The zero-order valence-electron chi connectivity index (χ0n) is 14.1. The number of aryl methyl sites for hydroxylation is 1. The molecule has 0 bridgehead atoms. The molecular formula is C18H25NO3S. The number of rotatable bonds is 4. The first-order chi connectivity index (χ1) is 10.9. The smallest absolute Gasteiger partial charge is 0.337 e. The molecule has 0 radical (unpaired) electrons. The summed E-state index contributed by atoms with van der Waals surface area (Å²) in [7, 11) is 1.92. The van der Waals surface area contributed by atoms with E-state index < -0.39 is 5.97 Å². The number of hydrogen-bond acceptors (Lipinski definition) is 4. The Kier molecular flexibility index (Phi) is 4.63. The van der Waals surface area contributed by atoms with Crippen LogP contribution in [0.2, 0.25) is 0 Å². The number of hydrogen-bond donors (Lipinski definition) is 2. The number of likely N-dealkylation sites (N-methyl/N-ethyl adjacent to an activating group) is 1. The predicted molar refractivity (Wildman–Crippen MR) is 93.4 cm³/mol. The van der Waals surface area contributed by atoms with E-state index >= 15 is 0 Å². The number of thiophene rings is 1. The zero-order chi connectivity index (χ0) is 16.6. The maximum Gasteiger partial charge on any atom is 0.337 e. The van der Waals surface area contributed by atoms with Crippen molar-refractivity contribution in [3.05, 3.63) is 26.5 Å². The van der Waals surface area contributed by atoms with Crippen LogP contribution in [0.5, 0.6) is 0 Å². The molecule has 0 unspecified atom stereocenters. The lowest BCUT2D eigenvalue weighted by Gasteiger charge is -2.29. The van der Waals surface area contributed by atoms with Gasteiger partial charge in [-0.1, -0.05) is 13.8 Å². The molecule has 1 aliphatic heterocycles. The van der Waals surface area contributed by atoms with Gasteiger partial charge >= 0.3 is 5.97 Å². The SMILES string of the molecule is CNCC1=C(c2sc3c(c2C(=O)O)CC(C)(C)CC3)CCOC1. The fourth-order valence-corrected chi connectivity index (χ4v) is 5.07. The third-order valence-corrected chi connectivity index (χ3v) is 6.20. The summed E-state index contributed by atoms with van der Waals surface area (Å²) >= 11 is 1.71. The lowest BCUT2D eigenvalue weighted by atomic mass is 9.75. The maximum absolute atomic E-state index is 12.0. The molecule has 0 spiro atoms.